The number of hydrogen-bond donors (Lipinski definition) is 3. The van der Waals surface area contributed by atoms with Crippen LogP contribution in [0.3, 0.4) is 0 Å². The van der Waals surface area contributed by atoms with Gasteiger partial charge in [-0.15, -0.1) is 0 Å². The smallest absolute Gasteiger partial charge is 0.317 e. The maximum Gasteiger partial charge on any atom is 0.317 e. The Labute approximate surface area is 221 Å². The molecule has 1 atom stereocenters. The number of aliphatic hydroxyl groups is 1. The molecule has 4 N–H and O–H groups in total. The highest BCUT2D eigenvalue weighted by molar-refractivity contribution is 6.34. The van der Waals surface area contributed by atoms with Gasteiger partial charge in [-0.05, 0) is 48.7 Å². The third-order valence-electron chi connectivity index (χ3n) is 5.86. The fraction of sp³-hybridized carbons (Fsp3) is 0.360. The van der Waals surface area contributed by atoms with Gasteiger partial charge in [0.25, 0.3) is 0 Å². The summed E-state index contributed by atoms with van der Waals surface area (Å²) >= 11 is 5.84. The lowest BCUT2D eigenvalue weighted by atomic mass is 9.98. The summed E-state index contributed by atoms with van der Waals surface area (Å²) in [6, 6.07) is 11.0. The maximum atomic E-state index is 13.6. The van der Waals surface area contributed by atoms with Gasteiger partial charge in [-0.25, -0.2) is 18.3 Å². The molecule has 3 aromatic rings. The Morgan fingerprint density at radius 2 is 1.89 bits per heavy atom. The fourth-order valence-electron chi connectivity index (χ4n) is 4.03. The van der Waals surface area contributed by atoms with Gasteiger partial charge in [0.1, 0.15) is 23.3 Å². The van der Waals surface area contributed by atoms with Gasteiger partial charge < -0.3 is 20.5 Å². The molecule has 2 amide bonds. The van der Waals surface area contributed by atoms with Gasteiger partial charge in [-0.1, -0.05) is 29.8 Å². The molecule has 0 aliphatic carbocycles. The molecular weight excluding hydrogens is 530 g/mol. The third kappa shape index (κ3) is 7.44. The molecule has 0 saturated carbocycles. The van der Waals surface area contributed by atoms with Crippen LogP contribution in [0.4, 0.5) is 28.2 Å². The molecule has 2 heterocycles. The van der Waals surface area contributed by atoms with Crippen molar-refractivity contribution in [2.75, 3.05) is 45.3 Å². The Kier molecular flexibility index (Phi) is 10.1. The van der Waals surface area contributed by atoms with E-state index in [1.807, 2.05) is 0 Å². The number of primary amides is 1. The second-order valence-electron chi connectivity index (χ2n) is 8.59. The molecule has 1 aliphatic rings. The van der Waals surface area contributed by atoms with E-state index < -0.39 is 40.9 Å². The number of benzene rings is 2. The van der Waals surface area contributed by atoms with Crippen molar-refractivity contribution in [1.82, 2.24) is 14.7 Å². The van der Waals surface area contributed by atoms with Crippen LogP contribution < -0.4 is 11.1 Å². The van der Waals surface area contributed by atoms with E-state index in [0.29, 0.717) is 12.3 Å². The molecule has 1 fully saturated rings. The number of likely N-dealkylation sites (tertiary alicyclic amines) is 1. The molecule has 0 bridgehead atoms. The van der Waals surface area contributed by atoms with E-state index >= 15 is 0 Å². The molecule has 0 spiro atoms. The Balaban J connectivity index is 0.000000215. The summed E-state index contributed by atoms with van der Waals surface area (Å²) in [5.74, 6) is -4.59. The van der Waals surface area contributed by atoms with E-state index in [9.17, 15) is 22.4 Å². The first-order valence-corrected chi connectivity index (χ1v) is 12.0. The summed E-state index contributed by atoms with van der Waals surface area (Å²) < 4.78 is 59.5. The van der Waals surface area contributed by atoms with Crippen LogP contribution in [-0.2, 0) is 10.7 Å². The number of aromatic nitrogens is 2. The number of carbonyl (C=O) groups is 1. The lowest BCUT2D eigenvalue weighted by Gasteiger charge is -2.15. The molecule has 4 rings (SSSR count). The van der Waals surface area contributed by atoms with Gasteiger partial charge in [0.05, 0.1) is 12.3 Å². The number of para-hydroxylation sites is 1. The van der Waals surface area contributed by atoms with Crippen molar-refractivity contribution in [2.24, 2.45) is 5.73 Å². The van der Waals surface area contributed by atoms with Crippen LogP contribution in [0.1, 0.15) is 23.6 Å². The number of aliphatic hydroxyl groups excluding tert-OH is 1. The van der Waals surface area contributed by atoms with E-state index in [0.717, 1.165) is 42.4 Å². The number of halogens is 5. The molecule has 0 radical (unpaired) electrons. The topological polar surface area (TPSA) is 106 Å². The summed E-state index contributed by atoms with van der Waals surface area (Å²) in [5, 5.41) is 14.1. The van der Waals surface area contributed by atoms with E-state index in [1.165, 1.54) is 12.1 Å². The summed E-state index contributed by atoms with van der Waals surface area (Å²) in [6.45, 7) is 1.93. The molecule has 1 aliphatic heterocycles. The number of ether oxygens (including phenoxy) is 1. The minimum absolute atomic E-state index is 0.196. The Morgan fingerprint density at radius 1 is 1.24 bits per heavy atom. The highest BCUT2D eigenvalue weighted by Gasteiger charge is 2.39. The van der Waals surface area contributed by atoms with Crippen LogP contribution in [0.2, 0.25) is 5.02 Å². The minimum atomic E-state index is -3.65. The zero-order chi connectivity index (χ0) is 27.9. The quantitative estimate of drug-likeness (QED) is 0.354. The minimum Gasteiger partial charge on any atom is -0.390 e. The SMILES string of the molecule is COCCN1CCC(c2cc(F)cc(F)c2)C1.NC(=O)Nc1c(Cl)c(C(F)(F)CO)nn1-c1ccccc1. The van der Waals surface area contributed by atoms with E-state index in [-0.39, 0.29) is 11.7 Å². The molecule has 206 valence electrons. The van der Waals surface area contributed by atoms with Gasteiger partial charge in [-0.3, -0.25) is 5.32 Å². The average molecular weight is 558 g/mol. The van der Waals surface area contributed by atoms with Crippen LogP contribution in [0.25, 0.3) is 5.69 Å². The van der Waals surface area contributed by atoms with Gasteiger partial charge in [0.2, 0.25) is 0 Å². The van der Waals surface area contributed by atoms with Crippen molar-refractivity contribution < 1.29 is 32.2 Å². The molecule has 13 heteroatoms. The summed E-state index contributed by atoms with van der Waals surface area (Å²) in [4.78, 5) is 13.3. The number of amides is 2. The van der Waals surface area contributed by atoms with Crippen LogP contribution in [0, 0.1) is 11.6 Å². The molecule has 2 aromatic carbocycles. The van der Waals surface area contributed by atoms with Crippen LogP contribution >= 0.6 is 11.6 Å². The predicted octanol–water partition coefficient (Wildman–Crippen LogP) is 4.50. The van der Waals surface area contributed by atoms with E-state index in [2.05, 4.69) is 15.3 Å². The Bertz CT molecular complexity index is 1210. The van der Waals surface area contributed by atoms with E-state index in [4.69, 9.17) is 27.2 Å². The average Bonchev–Trinajstić information content (AvgIpc) is 3.48. The molecule has 38 heavy (non-hydrogen) atoms. The molecule has 1 unspecified atom stereocenters. The zero-order valence-electron chi connectivity index (χ0n) is 20.5. The molecular formula is C25H28ClF4N5O3. The predicted molar refractivity (Wildman–Crippen MR) is 135 cm³/mol. The normalized spacial score (nSPS) is 15.7. The fourth-order valence-corrected chi connectivity index (χ4v) is 4.33. The van der Waals surface area contributed by atoms with Crippen molar-refractivity contribution in [3.63, 3.8) is 0 Å². The molecule has 1 aromatic heterocycles. The van der Waals surface area contributed by atoms with Gasteiger partial charge in [0, 0.05) is 26.3 Å². The summed E-state index contributed by atoms with van der Waals surface area (Å²) in [5.41, 5.74) is 5.31. The number of rotatable bonds is 8. The highest BCUT2D eigenvalue weighted by Crippen LogP contribution is 2.37. The summed E-state index contributed by atoms with van der Waals surface area (Å²) in [6.07, 6.45) is 0.951. The maximum absolute atomic E-state index is 13.6. The number of nitrogens with one attached hydrogen (secondary N) is 1. The largest absolute Gasteiger partial charge is 0.390 e. The number of hydrogen-bond acceptors (Lipinski definition) is 5. The zero-order valence-corrected chi connectivity index (χ0v) is 21.3. The number of carbonyl (C=O) groups excluding carboxylic acids is 1. The standard InChI is InChI=1S/C13H17F2NO.C12H11ClF2N4O2/c1-17-5-4-16-3-2-10(9-16)11-6-12(14)8-13(15)7-11;13-8-9(12(14,15)6-20)18-19(10(8)17-11(16)21)7-4-2-1-3-5-7/h6-8,10H,2-5,9H2,1H3;1-5,20H,6H2,(H3,16,17,21). The van der Waals surface area contributed by atoms with Crippen LogP contribution in [-0.4, -0.2) is 65.8 Å². The first-order valence-electron chi connectivity index (χ1n) is 11.6. The van der Waals surface area contributed by atoms with Gasteiger partial charge >= 0.3 is 12.0 Å². The first kappa shape index (κ1) is 29.4. The summed E-state index contributed by atoms with van der Waals surface area (Å²) in [7, 11) is 1.68. The second kappa shape index (κ2) is 13.1. The number of methoxy groups -OCH3 is 1. The monoisotopic (exact) mass is 557 g/mol. The molecule has 1 saturated heterocycles. The number of nitrogens with two attached hydrogens (primary N) is 1. The van der Waals surface area contributed by atoms with Crippen molar-refractivity contribution in [2.45, 2.75) is 18.3 Å². The van der Waals surface area contributed by atoms with Gasteiger partial charge in [-0.2, -0.15) is 13.9 Å². The number of urea groups is 1. The Hall–Kier alpha value is -3.19. The van der Waals surface area contributed by atoms with Crippen molar-refractivity contribution in [3.8, 4) is 5.69 Å². The Morgan fingerprint density at radius 3 is 2.47 bits per heavy atom. The lowest BCUT2D eigenvalue weighted by Crippen LogP contribution is -2.24. The van der Waals surface area contributed by atoms with Gasteiger partial charge in [0.15, 0.2) is 11.5 Å². The highest BCUT2D eigenvalue weighted by atomic mass is 35.5. The molecule has 8 nitrogen and oxygen atoms in total. The second-order valence-corrected chi connectivity index (χ2v) is 8.97. The number of anilines is 1. The number of alkyl halides is 2. The van der Waals surface area contributed by atoms with Crippen molar-refractivity contribution in [1.29, 1.82) is 0 Å². The van der Waals surface area contributed by atoms with Crippen LogP contribution in [0.5, 0.6) is 0 Å². The van der Waals surface area contributed by atoms with Crippen molar-refractivity contribution >= 4 is 23.4 Å². The number of nitrogens with zero attached hydrogens (tertiary/aromatic N) is 3. The van der Waals surface area contributed by atoms with Crippen molar-refractivity contribution in [3.05, 3.63) is 76.4 Å². The van der Waals surface area contributed by atoms with Crippen LogP contribution in [0.15, 0.2) is 48.5 Å². The third-order valence-corrected chi connectivity index (χ3v) is 6.21. The lowest BCUT2D eigenvalue weighted by molar-refractivity contribution is -0.0593. The van der Waals surface area contributed by atoms with E-state index in [1.54, 1.807) is 37.4 Å². The first-order chi connectivity index (χ1) is 18.1.